The smallest absolute Gasteiger partial charge is 0.237 e. The van der Waals surface area contributed by atoms with Crippen LogP contribution in [0.25, 0.3) is 0 Å². The van der Waals surface area contributed by atoms with Crippen molar-refractivity contribution in [1.29, 1.82) is 0 Å². The van der Waals surface area contributed by atoms with Crippen molar-refractivity contribution in [3.63, 3.8) is 0 Å². The molecule has 0 aliphatic rings. The van der Waals surface area contributed by atoms with Gasteiger partial charge in [-0.25, -0.2) is 0 Å². The average Bonchev–Trinajstić information content (AvgIpc) is 2.22. The predicted molar refractivity (Wildman–Crippen MR) is 68.3 cm³/mol. The molecule has 0 aliphatic heterocycles. The molecule has 0 radical (unpaired) electrons. The molecule has 2 amide bonds. The molecule has 17 heavy (non-hydrogen) atoms. The zero-order valence-electron chi connectivity index (χ0n) is 11.7. The summed E-state index contributed by atoms with van der Waals surface area (Å²) in [6.07, 6.45) is 0. The van der Waals surface area contributed by atoms with E-state index in [0.717, 1.165) is 0 Å². The monoisotopic (exact) mass is 243 g/mol. The lowest BCUT2D eigenvalue weighted by atomic mass is 9.86. The fourth-order valence-corrected chi connectivity index (χ4v) is 1.23. The van der Waals surface area contributed by atoms with Gasteiger partial charge in [-0.15, -0.1) is 0 Å². The third-order valence-corrected chi connectivity index (χ3v) is 2.76. The van der Waals surface area contributed by atoms with E-state index in [1.54, 1.807) is 20.9 Å². The standard InChI is InChI=1S/C12H25N3O2/c1-11(2,3)8(13)9(16)15-7-12(4,5)10(17)14-6/h8H,7,13H2,1-6H3,(H,14,17)(H,15,16). The molecule has 0 heterocycles. The van der Waals surface area contributed by atoms with Gasteiger partial charge in [-0.05, 0) is 19.3 Å². The molecule has 5 heteroatoms. The molecule has 0 aromatic carbocycles. The number of nitrogens with one attached hydrogen (secondary N) is 2. The molecule has 0 aromatic heterocycles. The number of amides is 2. The van der Waals surface area contributed by atoms with Gasteiger partial charge in [-0.3, -0.25) is 9.59 Å². The molecule has 5 nitrogen and oxygen atoms in total. The second-order valence-corrected chi connectivity index (χ2v) is 6.02. The second-order valence-electron chi connectivity index (χ2n) is 6.02. The number of hydrogen-bond acceptors (Lipinski definition) is 3. The first-order valence-electron chi connectivity index (χ1n) is 5.78. The zero-order chi connectivity index (χ0) is 13.9. The van der Waals surface area contributed by atoms with Gasteiger partial charge < -0.3 is 16.4 Å². The first kappa shape index (κ1) is 15.9. The van der Waals surface area contributed by atoms with Crippen LogP contribution in [0.3, 0.4) is 0 Å². The number of carbonyl (C=O) groups is 2. The summed E-state index contributed by atoms with van der Waals surface area (Å²) in [6.45, 7) is 9.53. The van der Waals surface area contributed by atoms with E-state index in [-0.39, 0.29) is 23.8 Å². The average molecular weight is 243 g/mol. The summed E-state index contributed by atoms with van der Waals surface area (Å²) in [7, 11) is 1.58. The normalized spacial score (nSPS) is 14.1. The fourth-order valence-electron chi connectivity index (χ4n) is 1.23. The topological polar surface area (TPSA) is 84.2 Å². The van der Waals surface area contributed by atoms with E-state index in [1.807, 2.05) is 20.8 Å². The lowest BCUT2D eigenvalue weighted by Gasteiger charge is -2.28. The number of hydrogen-bond donors (Lipinski definition) is 3. The van der Waals surface area contributed by atoms with Gasteiger partial charge in [-0.1, -0.05) is 20.8 Å². The van der Waals surface area contributed by atoms with Crippen LogP contribution in [0.2, 0.25) is 0 Å². The van der Waals surface area contributed by atoms with Gasteiger partial charge in [0.25, 0.3) is 0 Å². The van der Waals surface area contributed by atoms with Crippen molar-refractivity contribution in [2.75, 3.05) is 13.6 Å². The van der Waals surface area contributed by atoms with Gasteiger partial charge in [0.15, 0.2) is 0 Å². The number of rotatable bonds is 4. The molecule has 100 valence electrons. The van der Waals surface area contributed by atoms with Crippen molar-refractivity contribution in [1.82, 2.24) is 10.6 Å². The fraction of sp³-hybridized carbons (Fsp3) is 0.833. The van der Waals surface area contributed by atoms with Gasteiger partial charge in [0.05, 0.1) is 11.5 Å². The Balaban J connectivity index is 4.40. The highest BCUT2D eigenvalue weighted by Crippen LogP contribution is 2.18. The molecule has 0 rings (SSSR count). The van der Waals surface area contributed by atoms with Crippen LogP contribution in [0.5, 0.6) is 0 Å². The Morgan fingerprint density at radius 1 is 1.18 bits per heavy atom. The van der Waals surface area contributed by atoms with Crippen LogP contribution in [0, 0.1) is 10.8 Å². The minimum atomic E-state index is -0.637. The van der Waals surface area contributed by atoms with Crippen molar-refractivity contribution in [2.24, 2.45) is 16.6 Å². The third kappa shape index (κ3) is 4.73. The molecule has 1 unspecified atom stereocenters. The number of nitrogens with two attached hydrogens (primary N) is 1. The summed E-state index contributed by atoms with van der Waals surface area (Å²) < 4.78 is 0. The van der Waals surface area contributed by atoms with E-state index in [4.69, 9.17) is 5.73 Å². The molecule has 0 aliphatic carbocycles. The first-order valence-corrected chi connectivity index (χ1v) is 5.78. The van der Waals surface area contributed by atoms with Crippen molar-refractivity contribution >= 4 is 11.8 Å². The molecule has 0 saturated heterocycles. The largest absolute Gasteiger partial charge is 0.359 e. The van der Waals surface area contributed by atoms with Crippen LogP contribution in [-0.4, -0.2) is 31.4 Å². The van der Waals surface area contributed by atoms with E-state index in [9.17, 15) is 9.59 Å². The van der Waals surface area contributed by atoms with Crippen LogP contribution in [0.1, 0.15) is 34.6 Å². The molecule has 0 saturated carbocycles. The maximum Gasteiger partial charge on any atom is 0.237 e. The Morgan fingerprint density at radius 3 is 2.00 bits per heavy atom. The molecule has 1 atom stereocenters. The highest BCUT2D eigenvalue weighted by Gasteiger charge is 2.31. The molecule has 0 aromatic rings. The quantitative estimate of drug-likeness (QED) is 0.661. The Labute approximate surface area is 104 Å². The van der Waals surface area contributed by atoms with E-state index in [2.05, 4.69) is 10.6 Å². The summed E-state index contributed by atoms with van der Waals surface area (Å²) in [6, 6.07) is -0.581. The minimum absolute atomic E-state index is 0.109. The van der Waals surface area contributed by atoms with Gasteiger partial charge >= 0.3 is 0 Å². The lowest BCUT2D eigenvalue weighted by molar-refractivity contribution is -0.130. The molecule has 0 bridgehead atoms. The second kappa shape index (κ2) is 5.49. The van der Waals surface area contributed by atoms with Gasteiger partial charge in [0.1, 0.15) is 0 Å². The maximum atomic E-state index is 11.8. The summed E-state index contributed by atoms with van der Waals surface area (Å²) in [5, 5.41) is 5.29. The summed E-state index contributed by atoms with van der Waals surface area (Å²) >= 11 is 0. The van der Waals surface area contributed by atoms with Crippen molar-refractivity contribution in [3.05, 3.63) is 0 Å². The van der Waals surface area contributed by atoms with Gasteiger partial charge in [0.2, 0.25) is 11.8 Å². The zero-order valence-corrected chi connectivity index (χ0v) is 11.7. The highest BCUT2D eigenvalue weighted by atomic mass is 16.2. The van der Waals surface area contributed by atoms with Gasteiger partial charge in [0, 0.05) is 13.6 Å². The highest BCUT2D eigenvalue weighted by molar-refractivity contribution is 5.85. The molecule has 4 N–H and O–H groups in total. The van der Waals surface area contributed by atoms with Crippen LogP contribution in [0.15, 0.2) is 0 Å². The van der Waals surface area contributed by atoms with Crippen molar-refractivity contribution in [3.8, 4) is 0 Å². The van der Waals surface area contributed by atoms with E-state index < -0.39 is 11.5 Å². The van der Waals surface area contributed by atoms with Crippen LogP contribution >= 0.6 is 0 Å². The Bertz CT molecular complexity index is 293. The van der Waals surface area contributed by atoms with Crippen LogP contribution in [0.4, 0.5) is 0 Å². The lowest BCUT2D eigenvalue weighted by Crippen LogP contribution is -2.52. The predicted octanol–water partition coefficient (Wildman–Crippen LogP) is 0.248. The molecular formula is C12H25N3O2. The SMILES string of the molecule is CNC(=O)C(C)(C)CNC(=O)C(N)C(C)(C)C. The van der Waals surface area contributed by atoms with E-state index in [0.29, 0.717) is 0 Å². The number of carbonyl (C=O) groups excluding carboxylic acids is 2. The molecule has 0 spiro atoms. The first-order chi connectivity index (χ1) is 7.52. The summed E-state index contributed by atoms with van der Waals surface area (Å²) in [4.78, 5) is 23.3. The summed E-state index contributed by atoms with van der Waals surface area (Å²) in [5.41, 5.74) is 4.89. The van der Waals surface area contributed by atoms with Crippen LogP contribution in [-0.2, 0) is 9.59 Å². The van der Waals surface area contributed by atoms with E-state index in [1.165, 1.54) is 0 Å². The summed E-state index contributed by atoms with van der Waals surface area (Å²) in [5.74, 6) is -0.336. The van der Waals surface area contributed by atoms with Crippen molar-refractivity contribution < 1.29 is 9.59 Å². The molecular weight excluding hydrogens is 218 g/mol. The maximum absolute atomic E-state index is 11.8. The Morgan fingerprint density at radius 2 is 1.65 bits per heavy atom. The van der Waals surface area contributed by atoms with Gasteiger partial charge in [-0.2, -0.15) is 0 Å². The van der Waals surface area contributed by atoms with Crippen molar-refractivity contribution in [2.45, 2.75) is 40.7 Å². The Kier molecular flexibility index (Phi) is 5.13. The van der Waals surface area contributed by atoms with E-state index >= 15 is 0 Å². The Hall–Kier alpha value is -1.10. The minimum Gasteiger partial charge on any atom is -0.359 e. The third-order valence-electron chi connectivity index (χ3n) is 2.76. The molecule has 0 fully saturated rings. The van der Waals surface area contributed by atoms with Crippen LogP contribution < -0.4 is 16.4 Å².